The van der Waals surface area contributed by atoms with Crippen LogP contribution in [0.1, 0.15) is 200 Å². The Labute approximate surface area is 243 Å². The quantitative estimate of drug-likeness (QED) is 0.0800. The van der Waals surface area contributed by atoms with Crippen LogP contribution in [0.4, 0.5) is 0 Å². The zero-order chi connectivity index (χ0) is 27.6. The van der Waals surface area contributed by atoms with E-state index in [-0.39, 0.29) is 0 Å². The van der Waals surface area contributed by atoms with Crippen molar-refractivity contribution in [1.29, 1.82) is 0 Å². The Morgan fingerprint density at radius 2 is 0.658 bits per heavy atom. The first-order valence-corrected chi connectivity index (χ1v) is 18.1. The molecule has 1 radical (unpaired) electrons. The van der Waals surface area contributed by atoms with Gasteiger partial charge in [0, 0.05) is 6.04 Å². The summed E-state index contributed by atoms with van der Waals surface area (Å²) in [6.07, 6.45) is 41.3. The van der Waals surface area contributed by atoms with Crippen LogP contribution in [-0.4, -0.2) is 25.7 Å². The fourth-order valence-corrected chi connectivity index (χ4v) is 5.57. The zero-order valence-corrected chi connectivity index (χ0v) is 26.9. The van der Waals surface area contributed by atoms with Crippen LogP contribution >= 0.6 is 0 Å². The number of hydrogen-bond donors (Lipinski definition) is 2. The van der Waals surface area contributed by atoms with Gasteiger partial charge in [0.2, 0.25) is 0 Å². The van der Waals surface area contributed by atoms with Gasteiger partial charge >= 0.3 is 0 Å². The van der Waals surface area contributed by atoms with Gasteiger partial charge in [0.25, 0.3) is 0 Å². The minimum atomic E-state index is 0.404. The number of hydrogen-bond acceptors (Lipinski definition) is 2. The molecular weight excluding hydrogens is 460 g/mol. The molecule has 229 valence electrons. The zero-order valence-electron chi connectivity index (χ0n) is 26.9. The summed E-state index contributed by atoms with van der Waals surface area (Å²) in [7, 11) is 0. The summed E-state index contributed by atoms with van der Waals surface area (Å²) >= 11 is 0. The highest BCUT2D eigenvalue weighted by Crippen LogP contribution is 2.14. The predicted molar refractivity (Wildman–Crippen MR) is 175 cm³/mol. The van der Waals surface area contributed by atoms with Crippen molar-refractivity contribution in [2.75, 3.05) is 19.6 Å². The highest BCUT2D eigenvalue weighted by atomic mass is 14.9. The Morgan fingerprint density at radius 1 is 0.368 bits per heavy atom. The second-order valence-corrected chi connectivity index (χ2v) is 12.4. The average Bonchev–Trinajstić information content (AvgIpc) is 2.92. The van der Waals surface area contributed by atoms with Crippen LogP contribution in [0.2, 0.25) is 0 Å². The molecule has 1 unspecified atom stereocenters. The highest BCUT2D eigenvalue weighted by molar-refractivity contribution is 4.70. The lowest BCUT2D eigenvalue weighted by molar-refractivity contribution is 0.490. The lowest BCUT2D eigenvalue weighted by Crippen LogP contribution is -2.31. The van der Waals surface area contributed by atoms with Gasteiger partial charge < -0.3 is 10.6 Å². The molecule has 0 amide bonds. The van der Waals surface area contributed by atoms with Gasteiger partial charge in [-0.05, 0) is 45.8 Å². The molecule has 0 aromatic heterocycles. The molecule has 0 spiro atoms. The molecule has 0 saturated heterocycles. The molecule has 2 nitrogen and oxygen atoms in total. The van der Waals surface area contributed by atoms with Crippen molar-refractivity contribution in [3.8, 4) is 0 Å². The van der Waals surface area contributed by atoms with Crippen molar-refractivity contribution >= 4 is 0 Å². The monoisotopic (exact) mass is 536 g/mol. The normalized spacial score (nSPS) is 12.4. The Kier molecular flexibility index (Phi) is 34.9. The van der Waals surface area contributed by atoms with E-state index < -0.39 is 0 Å². The van der Waals surface area contributed by atoms with Crippen molar-refractivity contribution in [3.63, 3.8) is 0 Å². The molecule has 0 fully saturated rings. The van der Waals surface area contributed by atoms with E-state index in [0.717, 1.165) is 19.5 Å². The van der Waals surface area contributed by atoms with Crippen LogP contribution < -0.4 is 10.6 Å². The van der Waals surface area contributed by atoms with Crippen LogP contribution in [0.3, 0.4) is 0 Å². The maximum Gasteiger partial charge on any atom is 0.00797 e. The molecular formula is C36H75N2. The predicted octanol–water partition coefficient (Wildman–Crippen LogP) is 11.7. The Morgan fingerprint density at radius 3 is 1.00 bits per heavy atom. The first-order chi connectivity index (χ1) is 18.8. The van der Waals surface area contributed by atoms with E-state index in [1.54, 1.807) is 0 Å². The lowest BCUT2D eigenvalue weighted by Gasteiger charge is -2.14. The van der Waals surface area contributed by atoms with Gasteiger partial charge in [-0.1, -0.05) is 181 Å². The lowest BCUT2D eigenvalue weighted by atomic mass is 10.0. The van der Waals surface area contributed by atoms with Gasteiger partial charge in [0.05, 0.1) is 0 Å². The second-order valence-electron chi connectivity index (χ2n) is 12.4. The molecule has 0 bridgehead atoms. The smallest absolute Gasteiger partial charge is 0.00797 e. The summed E-state index contributed by atoms with van der Waals surface area (Å²) < 4.78 is 0. The van der Waals surface area contributed by atoms with Crippen molar-refractivity contribution < 1.29 is 0 Å². The molecule has 2 N–H and O–H groups in total. The van der Waals surface area contributed by atoms with Gasteiger partial charge in [-0.2, -0.15) is 0 Å². The standard InChI is InChI=1S/C36H75N2/c1-4-6-8-10-12-14-16-18-20-22-24-26-28-30-33-37-35-32-36(3)38-34-31-29-27-25-23-21-19-17-15-13-11-9-7-5-2/h36-38H,3-35H2,1-2H3. The molecule has 0 rings (SSSR count). The fourth-order valence-electron chi connectivity index (χ4n) is 5.57. The molecule has 1 atom stereocenters. The van der Waals surface area contributed by atoms with Gasteiger partial charge in [0.15, 0.2) is 0 Å². The molecule has 0 aliphatic carbocycles. The van der Waals surface area contributed by atoms with E-state index >= 15 is 0 Å². The Balaban J connectivity index is 3.13. The van der Waals surface area contributed by atoms with Crippen LogP contribution in [0, 0.1) is 6.92 Å². The molecule has 38 heavy (non-hydrogen) atoms. The van der Waals surface area contributed by atoms with E-state index in [1.165, 1.54) is 186 Å². The minimum Gasteiger partial charge on any atom is -0.317 e. The fraction of sp³-hybridized carbons (Fsp3) is 0.972. The van der Waals surface area contributed by atoms with Gasteiger partial charge in [0.1, 0.15) is 0 Å². The topological polar surface area (TPSA) is 24.1 Å². The number of nitrogens with one attached hydrogen (secondary N) is 2. The first-order valence-electron chi connectivity index (χ1n) is 18.1. The largest absolute Gasteiger partial charge is 0.317 e. The van der Waals surface area contributed by atoms with Crippen LogP contribution in [0.15, 0.2) is 0 Å². The molecule has 2 heteroatoms. The maximum absolute atomic E-state index is 4.30. The third-order valence-electron chi connectivity index (χ3n) is 8.34. The maximum atomic E-state index is 4.30. The number of rotatable bonds is 34. The average molecular weight is 536 g/mol. The van der Waals surface area contributed by atoms with Crippen molar-refractivity contribution in [3.05, 3.63) is 6.92 Å². The van der Waals surface area contributed by atoms with Crippen LogP contribution in [0.5, 0.6) is 0 Å². The van der Waals surface area contributed by atoms with Gasteiger partial charge in [-0.15, -0.1) is 0 Å². The Hall–Kier alpha value is -0.0800. The number of unbranched alkanes of at least 4 members (excludes halogenated alkanes) is 26. The van der Waals surface area contributed by atoms with E-state index in [1.807, 2.05) is 0 Å². The summed E-state index contributed by atoms with van der Waals surface area (Å²) in [5.41, 5.74) is 0. The van der Waals surface area contributed by atoms with Crippen LogP contribution in [-0.2, 0) is 0 Å². The molecule has 0 saturated carbocycles. The SMILES string of the molecule is [CH2]C(CCNCCCCCCCCCCCCCCCC)NCCCCCCCCCCCCCCCC. The van der Waals surface area contributed by atoms with Crippen molar-refractivity contribution in [1.82, 2.24) is 10.6 Å². The summed E-state index contributed by atoms with van der Waals surface area (Å²) in [5, 5.41) is 7.26. The van der Waals surface area contributed by atoms with E-state index in [2.05, 4.69) is 31.4 Å². The first kappa shape index (κ1) is 37.9. The summed E-state index contributed by atoms with van der Waals surface area (Å²) in [6.45, 7) is 12.3. The van der Waals surface area contributed by atoms with Crippen molar-refractivity contribution in [2.24, 2.45) is 0 Å². The molecule has 0 aliphatic rings. The third kappa shape index (κ3) is 33.9. The molecule has 0 aliphatic heterocycles. The van der Waals surface area contributed by atoms with Gasteiger partial charge in [-0.25, -0.2) is 0 Å². The van der Waals surface area contributed by atoms with E-state index in [9.17, 15) is 0 Å². The molecule has 0 heterocycles. The third-order valence-corrected chi connectivity index (χ3v) is 8.34. The van der Waals surface area contributed by atoms with Crippen LogP contribution in [0.25, 0.3) is 0 Å². The summed E-state index contributed by atoms with van der Waals surface area (Å²) in [5.74, 6) is 0. The molecule has 0 aromatic rings. The molecule has 0 aromatic carbocycles. The van der Waals surface area contributed by atoms with E-state index in [0.29, 0.717) is 6.04 Å². The second kappa shape index (κ2) is 34.9. The minimum absolute atomic E-state index is 0.404. The summed E-state index contributed by atoms with van der Waals surface area (Å²) in [6, 6.07) is 0.404. The Bertz CT molecular complexity index is 397. The highest BCUT2D eigenvalue weighted by Gasteiger charge is 2.01. The van der Waals surface area contributed by atoms with E-state index in [4.69, 9.17) is 0 Å². The summed E-state index contributed by atoms with van der Waals surface area (Å²) in [4.78, 5) is 0. The van der Waals surface area contributed by atoms with Gasteiger partial charge in [-0.3, -0.25) is 0 Å². The van der Waals surface area contributed by atoms with Crippen molar-refractivity contribution in [2.45, 2.75) is 206 Å².